The monoisotopic (exact) mass is 363 g/mol. The molecule has 0 fully saturated rings. The lowest BCUT2D eigenvalue weighted by atomic mass is 10.1. The summed E-state index contributed by atoms with van der Waals surface area (Å²) in [4.78, 5) is 13.5. The molecule has 23 heavy (non-hydrogen) atoms. The fourth-order valence-corrected chi connectivity index (χ4v) is 4.04. The lowest BCUT2D eigenvalue weighted by Crippen LogP contribution is -2.12. The highest BCUT2D eigenvalue weighted by Crippen LogP contribution is 2.33. The first kappa shape index (κ1) is 16.3. The van der Waals surface area contributed by atoms with Crippen LogP contribution < -0.4 is 5.32 Å². The van der Waals surface area contributed by atoms with E-state index >= 15 is 0 Å². The van der Waals surface area contributed by atoms with Crippen LogP contribution in [0.3, 0.4) is 0 Å². The van der Waals surface area contributed by atoms with Crippen LogP contribution in [0, 0.1) is 0 Å². The summed E-state index contributed by atoms with van der Waals surface area (Å²) in [5.41, 5.74) is 1.63. The van der Waals surface area contributed by atoms with Crippen LogP contribution >= 0.6 is 34.5 Å². The molecule has 0 bridgehead atoms. The van der Waals surface area contributed by atoms with Crippen LogP contribution in [-0.2, 0) is 6.42 Å². The molecule has 0 aliphatic carbocycles. The predicted molar refractivity (Wildman–Crippen MR) is 100 cm³/mol. The summed E-state index contributed by atoms with van der Waals surface area (Å²) in [5, 5.41) is 5.05. The number of fused-ring (bicyclic) bond motifs is 1. The minimum absolute atomic E-state index is 0.140. The first-order chi connectivity index (χ1) is 11.1. The maximum absolute atomic E-state index is 12.7. The smallest absolute Gasteiger partial charge is 0.266 e. The second kappa shape index (κ2) is 6.91. The zero-order valence-corrected chi connectivity index (χ0v) is 14.9. The van der Waals surface area contributed by atoms with Crippen molar-refractivity contribution in [2.45, 2.75) is 19.8 Å². The molecule has 0 saturated heterocycles. The molecular formula is C18H15Cl2NOS. The number of rotatable bonds is 4. The van der Waals surface area contributed by atoms with E-state index in [4.69, 9.17) is 23.2 Å². The summed E-state index contributed by atoms with van der Waals surface area (Å²) >= 11 is 13.6. The minimum atomic E-state index is -0.140. The van der Waals surface area contributed by atoms with Gasteiger partial charge in [-0.15, -0.1) is 11.3 Å². The van der Waals surface area contributed by atoms with Crippen LogP contribution in [0.25, 0.3) is 10.1 Å². The number of halogens is 2. The zero-order valence-electron chi connectivity index (χ0n) is 12.5. The molecule has 1 heterocycles. The van der Waals surface area contributed by atoms with Crippen LogP contribution in [0.1, 0.15) is 28.6 Å². The van der Waals surface area contributed by atoms with Gasteiger partial charge in [0.2, 0.25) is 0 Å². The molecule has 0 atom stereocenters. The van der Waals surface area contributed by atoms with Crippen molar-refractivity contribution in [1.29, 1.82) is 0 Å². The topological polar surface area (TPSA) is 29.1 Å². The maximum atomic E-state index is 12.7. The Kier molecular flexibility index (Phi) is 4.90. The molecule has 0 radical (unpaired) electrons. The molecule has 0 aliphatic heterocycles. The lowest BCUT2D eigenvalue weighted by Gasteiger charge is -2.08. The van der Waals surface area contributed by atoms with E-state index < -0.39 is 0 Å². The Morgan fingerprint density at radius 3 is 2.74 bits per heavy atom. The Labute approximate surface area is 149 Å². The summed E-state index contributed by atoms with van der Waals surface area (Å²) in [6.45, 7) is 2.11. The molecule has 5 heteroatoms. The molecule has 0 aliphatic rings. The minimum Gasteiger partial charge on any atom is -0.320 e. The van der Waals surface area contributed by atoms with Gasteiger partial charge in [-0.1, -0.05) is 54.7 Å². The average molecular weight is 364 g/mol. The normalized spacial score (nSPS) is 10.9. The second-order valence-corrected chi connectivity index (χ2v) is 7.13. The number of thiophene rings is 1. The fraction of sp³-hybridized carbons (Fsp3) is 0.167. The van der Waals surface area contributed by atoms with E-state index in [0.29, 0.717) is 15.7 Å². The van der Waals surface area contributed by atoms with Crippen molar-refractivity contribution in [2.75, 3.05) is 5.32 Å². The van der Waals surface area contributed by atoms with Crippen molar-refractivity contribution in [3.05, 3.63) is 63.0 Å². The Balaban J connectivity index is 2.00. The molecule has 3 aromatic rings. The Morgan fingerprint density at radius 1 is 1.17 bits per heavy atom. The number of nitrogens with one attached hydrogen (secondary N) is 1. The van der Waals surface area contributed by atoms with Gasteiger partial charge in [-0.2, -0.15) is 0 Å². The fourth-order valence-electron chi connectivity index (χ4n) is 2.55. The molecule has 3 rings (SSSR count). The molecule has 2 nitrogen and oxygen atoms in total. The largest absolute Gasteiger partial charge is 0.320 e. The van der Waals surface area contributed by atoms with Crippen molar-refractivity contribution in [3.63, 3.8) is 0 Å². The number of benzene rings is 2. The van der Waals surface area contributed by atoms with E-state index in [0.717, 1.165) is 33.4 Å². The van der Waals surface area contributed by atoms with Gasteiger partial charge in [0.25, 0.3) is 5.91 Å². The molecule has 118 valence electrons. The molecule has 1 N–H and O–H groups in total. The first-order valence-corrected chi connectivity index (χ1v) is 8.94. The van der Waals surface area contributed by atoms with Gasteiger partial charge < -0.3 is 5.32 Å². The number of hydrogen-bond acceptors (Lipinski definition) is 2. The predicted octanol–water partition coefficient (Wildman–Crippen LogP) is 6.41. The third-order valence-corrected chi connectivity index (χ3v) is 5.36. The van der Waals surface area contributed by atoms with E-state index in [9.17, 15) is 4.79 Å². The van der Waals surface area contributed by atoms with E-state index in [1.54, 1.807) is 18.2 Å². The summed E-state index contributed by atoms with van der Waals surface area (Å²) in [6, 6.07) is 13.1. The Hall–Kier alpha value is -1.55. The van der Waals surface area contributed by atoms with E-state index in [1.165, 1.54) is 11.3 Å². The van der Waals surface area contributed by atoms with Crippen LogP contribution in [0.2, 0.25) is 10.0 Å². The number of amides is 1. The van der Waals surface area contributed by atoms with E-state index in [1.807, 2.05) is 18.2 Å². The van der Waals surface area contributed by atoms with Crippen molar-refractivity contribution in [3.8, 4) is 0 Å². The van der Waals surface area contributed by atoms with Gasteiger partial charge in [0, 0.05) is 9.72 Å². The Bertz CT molecular complexity index is 873. The van der Waals surface area contributed by atoms with Gasteiger partial charge in [0.1, 0.15) is 0 Å². The van der Waals surface area contributed by atoms with Gasteiger partial charge in [0.05, 0.1) is 15.6 Å². The van der Waals surface area contributed by atoms with Crippen molar-refractivity contribution in [1.82, 2.24) is 0 Å². The summed E-state index contributed by atoms with van der Waals surface area (Å²) < 4.78 is 1.12. The summed E-state index contributed by atoms with van der Waals surface area (Å²) in [7, 11) is 0. The molecule has 1 aromatic heterocycles. The van der Waals surface area contributed by atoms with Crippen molar-refractivity contribution < 1.29 is 4.79 Å². The van der Waals surface area contributed by atoms with Crippen LogP contribution in [0.15, 0.2) is 42.5 Å². The van der Waals surface area contributed by atoms with Crippen LogP contribution in [-0.4, -0.2) is 5.91 Å². The third kappa shape index (κ3) is 3.37. The molecule has 1 amide bonds. The quantitative estimate of drug-likeness (QED) is 0.569. The third-order valence-electron chi connectivity index (χ3n) is 3.58. The standard InChI is InChI=1S/C18H15Cl2NOS/c1-2-5-13-12-6-3-4-7-16(12)23-17(13)18(22)21-15-10-11(19)8-9-14(15)20/h3-4,6-10H,2,5H2,1H3,(H,21,22). The van der Waals surface area contributed by atoms with Crippen molar-refractivity contribution in [2.24, 2.45) is 0 Å². The summed E-state index contributed by atoms with van der Waals surface area (Å²) in [6.07, 6.45) is 1.86. The highest BCUT2D eigenvalue weighted by atomic mass is 35.5. The number of hydrogen-bond donors (Lipinski definition) is 1. The highest BCUT2D eigenvalue weighted by molar-refractivity contribution is 7.21. The van der Waals surface area contributed by atoms with Gasteiger partial charge in [-0.05, 0) is 41.6 Å². The second-order valence-electron chi connectivity index (χ2n) is 5.23. The van der Waals surface area contributed by atoms with Gasteiger partial charge in [-0.25, -0.2) is 0 Å². The first-order valence-electron chi connectivity index (χ1n) is 7.37. The van der Waals surface area contributed by atoms with E-state index in [2.05, 4.69) is 18.3 Å². The number of anilines is 1. The van der Waals surface area contributed by atoms with E-state index in [-0.39, 0.29) is 5.91 Å². The number of carbonyl (C=O) groups excluding carboxylic acids is 1. The molecule has 0 spiro atoms. The number of carbonyl (C=O) groups is 1. The lowest BCUT2D eigenvalue weighted by molar-refractivity contribution is 0.103. The molecule has 0 saturated carbocycles. The van der Waals surface area contributed by atoms with Gasteiger partial charge >= 0.3 is 0 Å². The van der Waals surface area contributed by atoms with Gasteiger partial charge in [-0.3, -0.25) is 4.79 Å². The maximum Gasteiger partial charge on any atom is 0.266 e. The highest BCUT2D eigenvalue weighted by Gasteiger charge is 2.18. The van der Waals surface area contributed by atoms with Gasteiger partial charge in [0.15, 0.2) is 0 Å². The van der Waals surface area contributed by atoms with Crippen molar-refractivity contribution >= 4 is 56.2 Å². The van der Waals surface area contributed by atoms with Crippen LogP contribution in [0.4, 0.5) is 5.69 Å². The SMILES string of the molecule is CCCc1c(C(=O)Nc2cc(Cl)ccc2Cl)sc2ccccc12. The molecular weight excluding hydrogens is 349 g/mol. The molecule has 2 aromatic carbocycles. The number of aryl methyl sites for hydroxylation is 1. The average Bonchev–Trinajstić information content (AvgIpc) is 2.90. The Morgan fingerprint density at radius 2 is 1.96 bits per heavy atom. The summed E-state index contributed by atoms with van der Waals surface area (Å²) in [5.74, 6) is -0.140. The molecule has 0 unspecified atom stereocenters. The zero-order chi connectivity index (χ0) is 16.4. The van der Waals surface area contributed by atoms with Crippen LogP contribution in [0.5, 0.6) is 0 Å².